The molecular weight excluding hydrogens is 1100 g/mol. The Hall–Kier alpha value is -9.32. The number of aromatic nitrogens is 5. The number of para-hydroxylation sites is 4. The molecule has 0 radical (unpaired) electrons. The van der Waals surface area contributed by atoms with Crippen molar-refractivity contribution in [3.63, 3.8) is 0 Å². The molecule has 5 aromatic heterocycles. The van der Waals surface area contributed by atoms with Gasteiger partial charge in [-0.25, -0.2) is 0 Å². The third-order valence-corrected chi connectivity index (χ3v) is 13.0. The fraction of sp³-hybridized carbons (Fsp3) is 0.0143. The van der Waals surface area contributed by atoms with Crippen molar-refractivity contribution in [3.05, 3.63) is 309 Å². The monoisotopic (exact) mass is 1150 g/mol. The summed E-state index contributed by atoms with van der Waals surface area (Å²) < 4.78 is 4.75. The van der Waals surface area contributed by atoms with Crippen LogP contribution in [-0.4, -0.2) is 24.1 Å². The van der Waals surface area contributed by atoms with E-state index in [-0.39, 0.29) is 20.1 Å². The molecule has 0 aliphatic carbocycles. The molecule has 0 aliphatic heterocycles. The molecule has 364 valence electrons. The third-order valence-electron chi connectivity index (χ3n) is 13.0. The van der Waals surface area contributed by atoms with Crippen molar-refractivity contribution in [2.24, 2.45) is 0 Å². The van der Waals surface area contributed by atoms with Gasteiger partial charge in [0.05, 0.1) is 22.1 Å². The van der Waals surface area contributed by atoms with Gasteiger partial charge in [0.2, 0.25) is 0 Å². The van der Waals surface area contributed by atoms with Crippen LogP contribution < -0.4 is 0 Å². The van der Waals surface area contributed by atoms with Gasteiger partial charge < -0.3 is 24.1 Å². The summed E-state index contributed by atoms with van der Waals surface area (Å²) in [6.07, 6.45) is 5.52. The van der Waals surface area contributed by atoms with Crippen LogP contribution in [0.5, 0.6) is 0 Å². The first-order valence-corrected chi connectivity index (χ1v) is 25.0. The van der Waals surface area contributed by atoms with Gasteiger partial charge in [-0.2, -0.15) is 0 Å². The van der Waals surface area contributed by atoms with Crippen LogP contribution in [0.15, 0.2) is 286 Å². The molecule has 0 N–H and O–H groups in total. The summed E-state index contributed by atoms with van der Waals surface area (Å²) in [6.45, 7) is 2.12. The van der Waals surface area contributed by atoms with E-state index >= 15 is 0 Å². The topological polar surface area (TPSA) is 48.5 Å². The molecule has 0 bridgehead atoms. The Bertz CT molecular complexity index is 3720. The Balaban J connectivity index is 0.000000127. The minimum atomic E-state index is 0. The van der Waals surface area contributed by atoms with Crippen molar-refractivity contribution in [3.8, 4) is 56.3 Å². The smallest absolute Gasteiger partial charge is 0.309 e. The first-order valence-electron chi connectivity index (χ1n) is 25.0. The largest absolute Gasteiger partial charge is 3.00 e. The average Bonchev–Trinajstić information content (AvgIpc) is 4.06. The van der Waals surface area contributed by atoms with Crippen molar-refractivity contribution in [2.75, 3.05) is 0 Å². The number of fused-ring (bicyclic) bond motifs is 6. The molecule has 0 fully saturated rings. The van der Waals surface area contributed by atoms with Crippen LogP contribution >= 0.6 is 0 Å². The zero-order chi connectivity index (χ0) is 50.6. The molecule has 5 nitrogen and oxygen atoms in total. The Morgan fingerprint density at radius 3 is 1.09 bits per heavy atom. The molecule has 0 unspecified atom stereocenters. The van der Waals surface area contributed by atoms with Crippen molar-refractivity contribution >= 4 is 43.6 Å². The zero-order valence-electron chi connectivity index (χ0n) is 41.7. The van der Waals surface area contributed by atoms with Gasteiger partial charge in [-0.05, 0) is 89.7 Å². The van der Waals surface area contributed by atoms with Crippen LogP contribution in [0, 0.1) is 25.1 Å². The van der Waals surface area contributed by atoms with Crippen LogP contribution in [0.1, 0.15) is 5.56 Å². The van der Waals surface area contributed by atoms with E-state index in [1.54, 1.807) is 12.4 Å². The minimum absolute atomic E-state index is 0. The minimum Gasteiger partial charge on any atom is -0.309 e. The number of rotatable bonds is 6. The molecule has 9 aromatic carbocycles. The van der Waals surface area contributed by atoms with E-state index in [4.69, 9.17) is 0 Å². The maximum absolute atomic E-state index is 4.55. The van der Waals surface area contributed by atoms with Crippen LogP contribution in [-0.2, 0) is 20.1 Å². The van der Waals surface area contributed by atoms with Gasteiger partial charge in [-0.15, -0.1) is 108 Å². The first-order chi connectivity index (χ1) is 37.2. The van der Waals surface area contributed by atoms with E-state index < -0.39 is 0 Å². The fourth-order valence-electron chi connectivity index (χ4n) is 9.50. The Kier molecular flexibility index (Phi) is 16.0. The van der Waals surface area contributed by atoms with Gasteiger partial charge in [0, 0.05) is 57.1 Å². The van der Waals surface area contributed by atoms with E-state index in [1.165, 1.54) is 71.7 Å². The molecule has 0 atom stereocenters. The fourth-order valence-corrected chi connectivity index (χ4v) is 9.50. The summed E-state index contributed by atoms with van der Waals surface area (Å²) in [6, 6.07) is 101. The number of hydrogen-bond donors (Lipinski definition) is 0. The molecule has 5 heterocycles. The maximum Gasteiger partial charge on any atom is 3.00 e. The van der Waals surface area contributed by atoms with E-state index in [2.05, 4.69) is 189 Å². The standard InChI is InChI=1S/C30H20N2.C18H14N.2C11H8N.Ir/c1-5-16-27-23(12-1)24-13-2-6-17-28(24)31(27)21-10-9-11-22(20-21)32-29-18-7-3-14-25(29)26-15-4-8-19-30(26)32;1-14-12-18(16-10-6-3-7-11-16)19-13-17(14)15-8-4-2-5-9-15;2*1-2-6-10(7-3-1)11-8-4-5-9-12-11;/h1-20H;2-10,12-13H,1H3;2*1-6,8-9H;/q;3*-1;+3. The quantitative estimate of drug-likeness (QED) is 0.156. The van der Waals surface area contributed by atoms with Gasteiger partial charge >= 0.3 is 20.1 Å². The predicted molar refractivity (Wildman–Crippen MR) is 311 cm³/mol. The van der Waals surface area contributed by atoms with E-state index in [0.717, 1.165) is 33.8 Å². The van der Waals surface area contributed by atoms with Gasteiger partial charge in [0.15, 0.2) is 0 Å². The summed E-state index contributed by atoms with van der Waals surface area (Å²) in [7, 11) is 0. The summed E-state index contributed by atoms with van der Waals surface area (Å²) in [5.41, 5.74) is 16.9. The molecule has 0 aliphatic rings. The van der Waals surface area contributed by atoms with Crippen molar-refractivity contribution < 1.29 is 20.1 Å². The zero-order valence-corrected chi connectivity index (χ0v) is 44.1. The Labute approximate surface area is 457 Å². The number of pyridine rings is 3. The molecule has 76 heavy (non-hydrogen) atoms. The summed E-state index contributed by atoms with van der Waals surface area (Å²) in [5.74, 6) is 0. The molecular formula is C70H50IrN5. The van der Waals surface area contributed by atoms with Crippen molar-refractivity contribution in [2.45, 2.75) is 6.92 Å². The average molecular weight is 1150 g/mol. The second-order valence-electron chi connectivity index (χ2n) is 17.8. The van der Waals surface area contributed by atoms with Crippen molar-refractivity contribution in [1.82, 2.24) is 24.1 Å². The molecule has 14 rings (SSSR count). The molecule has 0 amide bonds. The number of hydrogen-bond acceptors (Lipinski definition) is 3. The maximum atomic E-state index is 4.55. The normalized spacial score (nSPS) is 10.6. The van der Waals surface area contributed by atoms with E-state index in [1.807, 2.05) is 134 Å². The summed E-state index contributed by atoms with van der Waals surface area (Å²) in [5, 5.41) is 5.13. The second-order valence-corrected chi connectivity index (χ2v) is 17.8. The summed E-state index contributed by atoms with van der Waals surface area (Å²) in [4.78, 5) is 13.0. The number of nitrogens with zero attached hydrogens (tertiary/aromatic N) is 5. The molecule has 14 aromatic rings. The van der Waals surface area contributed by atoms with Crippen molar-refractivity contribution in [1.29, 1.82) is 0 Å². The SMILES string of the molecule is Cc1cc(-c2[c-]cccc2)ncc1-c1ccccc1.[Ir+3].[c-]1ccccc1-c1ccccn1.[c-]1ccccc1-c1ccccn1.c1cc(-n2c3ccccc3c3ccccc32)cc(-n2c3ccccc3c3ccccc32)c1. The van der Waals surface area contributed by atoms with Gasteiger partial charge in [0.1, 0.15) is 0 Å². The van der Waals surface area contributed by atoms with Crippen LogP contribution in [0.4, 0.5) is 0 Å². The van der Waals surface area contributed by atoms with Gasteiger partial charge in [0.25, 0.3) is 0 Å². The molecule has 0 spiro atoms. The molecule has 0 saturated carbocycles. The summed E-state index contributed by atoms with van der Waals surface area (Å²) >= 11 is 0. The first kappa shape index (κ1) is 50.2. The van der Waals surface area contributed by atoms with Crippen LogP contribution in [0.3, 0.4) is 0 Å². The molecule has 6 heteroatoms. The van der Waals surface area contributed by atoms with Gasteiger partial charge in [-0.1, -0.05) is 140 Å². The number of benzene rings is 9. The van der Waals surface area contributed by atoms with Crippen LogP contribution in [0.2, 0.25) is 0 Å². The van der Waals surface area contributed by atoms with Gasteiger partial charge in [-0.3, -0.25) is 0 Å². The number of aryl methyl sites for hydroxylation is 1. The van der Waals surface area contributed by atoms with E-state index in [9.17, 15) is 0 Å². The van der Waals surface area contributed by atoms with Crippen LogP contribution in [0.25, 0.3) is 99.9 Å². The Morgan fingerprint density at radius 1 is 0.329 bits per heavy atom. The Morgan fingerprint density at radius 2 is 0.711 bits per heavy atom. The third kappa shape index (κ3) is 11.1. The predicted octanol–water partition coefficient (Wildman–Crippen LogP) is 17.5. The van der Waals surface area contributed by atoms with E-state index in [0.29, 0.717) is 0 Å². The molecule has 0 saturated heterocycles. The second kappa shape index (κ2) is 24.1.